The number of fused-ring (bicyclic) bond motifs is 1. The molecule has 0 unspecified atom stereocenters. The predicted molar refractivity (Wildman–Crippen MR) is 92.9 cm³/mol. The maximum absolute atomic E-state index is 3.81. The fraction of sp³-hybridized carbons (Fsp3) is 0.474. The van der Waals surface area contributed by atoms with Crippen LogP contribution in [-0.4, -0.2) is 17.7 Å². The van der Waals surface area contributed by atoms with Crippen molar-refractivity contribution in [3.8, 4) is 0 Å². The monoisotopic (exact) mass is 284 g/mol. The van der Waals surface area contributed by atoms with Crippen LogP contribution >= 0.6 is 0 Å². The van der Waals surface area contributed by atoms with E-state index in [1.54, 1.807) is 0 Å². The first-order valence-corrected chi connectivity index (χ1v) is 8.25. The highest BCUT2D eigenvalue weighted by Crippen LogP contribution is 2.23. The number of benzene rings is 1. The summed E-state index contributed by atoms with van der Waals surface area (Å²) in [6.07, 6.45) is 10.2. The van der Waals surface area contributed by atoms with Crippen molar-refractivity contribution in [2.45, 2.75) is 45.6 Å². The minimum atomic E-state index is 1.08. The van der Waals surface area contributed by atoms with Crippen LogP contribution in [0.5, 0.6) is 0 Å². The Kier molecular flexibility index (Phi) is 6.55. The Hall–Kier alpha value is -1.54. The molecule has 1 heterocycles. The molecule has 2 heteroatoms. The summed E-state index contributed by atoms with van der Waals surface area (Å²) in [7, 11) is 0. The highest BCUT2D eigenvalue weighted by atomic mass is 15.0. The number of nitrogens with one attached hydrogen (secondary N) is 1. The second-order valence-corrected chi connectivity index (χ2v) is 5.65. The van der Waals surface area contributed by atoms with Crippen LogP contribution in [0.3, 0.4) is 0 Å². The minimum Gasteiger partial charge on any atom is -0.347 e. The summed E-state index contributed by atoms with van der Waals surface area (Å²) in [6.45, 7) is 9.35. The third kappa shape index (κ3) is 4.47. The molecule has 1 aromatic heterocycles. The molecule has 114 valence electrons. The van der Waals surface area contributed by atoms with E-state index >= 15 is 0 Å². The zero-order valence-corrected chi connectivity index (χ0v) is 13.3. The van der Waals surface area contributed by atoms with Gasteiger partial charge in [-0.1, -0.05) is 31.2 Å². The topological polar surface area (TPSA) is 17.0 Å². The van der Waals surface area contributed by atoms with Gasteiger partial charge in [-0.25, -0.2) is 0 Å². The average Bonchev–Trinajstić information content (AvgIpc) is 2.86. The van der Waals surface area contributed by atoms with Gasteiger partial charge in [0.25, 0.3) is 0 Å². The number of hydrogen-bond acceptors (Lipinski definition) is 1. The second-order valence-electron chi connectivity index (χ2n) is 5.65. The third-order valence-corrected chi connectivity index (χ3v) is 3.90. The van der Waals surface area contributed by atoms with Crippen LogP contribution in [0.4, 0.5) is 0 Å². The fourth-order valence-electron chi connectivity index (χ4n) is 2.82. The first-order valence-electron chi connectivity index (χ1n) is 8.25. The van der Waals surface area contributed by atoms with Gasteiger partial charge in [-0.2, -0.15) is 0 Å². The number of rotatable bonds is 10. The third-order valence-electron chi connectivity index (χ3n) is 3.90. The van der Waals surface area contributed by atoms with Crippen LogP contribution in [-0.2, 0) is 13.0 Å². The minimum absolute atomic E-state index is 1.08. The lowest BCUT2D eigenvalue weighted by Gasteiger charge is -2.03. The lowest BCUT2D eigenvalue weighted by atomic mass is 10.1. The van der Waals surface area contributed by atoms with Crippen LogP contribution in [0, 0.1) is 0 Å². The number of hydrogen-bond donors (Lipinski definition) is 1. The van der Waals surface area contributed by atoms with Crippen molar-refractivity contribution in [1.82, 2.24) is 9.88 Å². The molecular weight excluding hydrogens is 256 g/mol. The molecule has 0 amide bonds. The Morgan fingerprint density at radius 2 is 2.05 bits per heavy atom. The lowest BCUT2D eigenvalue weighted by Crippen LogP contribution is -2.16. The van der Waals surface area contributed by atoms with Gasteiger partial charge in [0.05, 0.1) is 0 Å². The molecular formula is C19H28N2. The first kappa shape index (κ1) is 15.8. The molecule has 21 heavy (non-hydrogen) atoms. The van der Waals surface area contributed by atoms with Crippen LogP contribution < -0.4 is 5.32 Å². The summed E-state index contributed by atoms with van der Waals surface area (Å²) in [4.78, 5) is 0. The zero-order valence-electron chi connectivity index (χ0n) is 13.3. The molecule has 0 spiro atoms. The standard InChI is InChI=1S/C19H28N2/c1-3-5-8-15-21-16-17(10-9-14-20-13-4-2)18-11-6-7-12-19(18)21/h3,6-7,11-12,16,20H,1,4-5,8-10,13-15H2,2H3. The maximum Gasteiger partial charge on any atom is 0.0483 e. The maximum atomic E-state index is 3.81. The molecule has 1 aromatic carbocycles. The molecule has 0 radical (unpaired) electrons. The Labute approximate surface area is 128 Å². The summed E-state index contributed by atoms with van der Waals surface area (Å²) in [5, 5.41) is 4.91. The van der Waals surface area contributed by atoms with E-state index in [1.165, 1.54) is 35.7 Å². The fourth-order valence-corrected chi connectivity index (χ4v) is 2.82. The number of nitrogens with zero attached hydrogens (tertiary/aromatic N) is 1. The van der Waals surface area contributed by atoms with Crippen LogP contribution in [0.25, 0.3) is 10.9 Å². The van der Waals surface area contributed by atoms with E-state index in [0.717, 1.165) is 32.5 Å². The molecule has 2 nitrogen and oxygen atoms in total. The second kappa shape index (κ2) is 8.68. The molecule has 0 saturated carbocycles. The van der Waals surface area contributed by atoms with E-state index in [2.05, 4.69) is 53.8 Å². The van der Waals surface area contributed by atoms with E-state index in [-0.39, 0.29) is 0 Å². The van der Waals surface area contributed by atoms with Crippen LogP contribution in [0.1, 0.15) is 38.2 Å². The van der Waals surface area contributed by atoms with Crippen molar-refractivity contribution in [2.24, 2.45) is 0 Å². The highest BCUT2D eigenvalue weighted by molar-refractivity contribution is 5.83. The molecule has 1 N–H and O–H groups in total. The van der Waals surface area contributed by atoms with E-state index in [1.807, 2.05) is 6.08 Å². The van der Waals surface area contributed by atoms with Crippen molar-refractivity contribution in [3.05, 3.63) is 48.7 Å². The molecule has 0 bridgehead atoms. The molecule has 0 aliphatic carbocycles. The molecule has 0 atom stereocenters. The van der Waals surface area contributed by atoms with Crippen LogP contribution in [0.2, 0.25) is 0 Å². The summed E-state index contributed by atoms with van der Waals surface area (Å²) in [5.41, 5.74) is 2.86. The molecule has 0 saturated heterocycles. The van der Waals surface area contributed by atoms with Gasteiger partial charge >= 0.3 is 0 Å². The summed E-state index contributed by atoms with van der Waals surface area (Å²) in [6, 6.07) is 8.78. The van der Waals surface area contributed by atoms with Crippen molar-refractivity contribution >= 4 is 10.9 Å². The summed E-state index contributed by atoms with van der Waals surface area (Å²) < 4.78 is 2.41. The Morgan fingerprint density at radius 1 is 1.19 bits per heavy atom. The molecule has 2 rings (SSSR count). The van der Waals surface area contributed by atoms with Gasteiger partial charge in [-0.15, -0.1) is 6.58 Å². The van der Waals surface area contributed by atoms with E-state index < -0.39 is 0 Å². The summed E-state index contributed by atoms with van der Waals surface area (Å²) >= 11 is 0. The molecule has 0 fully saturated rings. The molecule has 0 aliphatic rings. The van der Waals surface area contributed by atoms with Gasteiger partial charge < -0.3 is 9.88 Å². The van der Waals surface area contributed by atoms with E-state index in [0.29, 0.717) is 0 Å². The van der Waals surface area contributed by atoms with Crippen molar-refractivity contribution in [1.29, 1.82) is 0 Å². The van der Waals surface area contributed by atoms with Crippen molar-refractivity contribution in [3.63, 3.8) is 0 Å². The van der Waals surface area contributed by atoms with Crippen molar-refractivity contribution in [2.75, 3.05) is 13.1 Å². The van der Waals surface area contributed by atoms with E-state index in [4.69, 9.17) is 0 Å². The van der Waals surface area contributed by atoms with Gasteiger partial charge in [-0.3, -0.25) is 0 Å². The van der Waals surface area contributed by atoms with Crippen LogP contribution in [0.15, 0.2) is 43.1 Å². The van der Waals surface area contributed by atoms with Gasteiger partial charge in [0, 0.05) is 23.6 Å². The number of para-hydroxylation sites is 1. The quantitative estimate of drug-likeness (QED) is 0.500. The highest BCUT2D eigenvalue weighted by Gasteiger charge is 2.07. The molecule has 0 aliphatic heterocycles. The predicted octanol–water partition coefficient (Wildman–Crippen LogP) is 4.54. The van der Waals surface area contributed by atoms with Gasteiger partial charge in [0.15, 0.2) is 0 Å². The SMILES string of the molecule is C=CCCCn1cc(CCCNCCC)c2ccccc21. The van der Waals surface area contributed by atoms with Crippen molar-refractivity contribution < 1.29 is 0 Å². The van der Waals surface area contributed by atoms with E-state index in [9.17, 15) is 0 Å². The summed E-state index contributed by atoms with van der Waals surface area (Å²) in [5.74, 6) is 0. The van der Waals surface area contributed by atoms with Gasteiger partial charge in [0.1, 0.15) is 0 Å². The first-order chi connectivity index (χ1) is 10.4. The van der Waals surface area contributed by atoms with Gasteiger partial charge in [0.2, 0.25) is 0 Å². The largest absolute Gasteiger partial charge is 0.347 e. The zero-order chi connectivity index (χ0) is 14.9. The van der Waals surface area contributed by atoms with Gasteiger partial charge in [-0.05, 0) is 56.8 Å². The number of unbranched alkanes of at least 4 members (excludes halogenated alkanes) is 1. The smallest absolute Gasteiger partial charge is 0.0483 e. The Balaban J connectivity index is 2.03. The number of aromatic nitrogens is 1. The Bertz CT molecular complexity index is 554. The number of aryl methyl sites for hydroxylation is 2. The lowest BCUT2D eigenvalue weighted by molar-refractivity contribution is 0.637. The average molecular weight is 284 g/mol. The Morgan fingerprint density at radius 3 is 2.86 bits per heavy atom. The number of allylic oxidation sites excluding steroid dienone is 1. The normalized spacial score (nSPS) is 11.1. The molecule has 2 aromatic rings.